The SMILES string of the molecule is CCCCc1ocnc1CNCCC. The molecule has 3 heteroatoms. The zero-order chi connectivity index (χ0) is 10.2. The highest BCUT2D eigenvalue weighted by Gasteiger charge is 2.06. The lowest BCUT2D eigenvalue weighted by Crippen LogP contribution is -2.15. The first-order valence-electron chi connectivity index (χ1n) is 5.50. The second-order valence-electron chi connectivity index (χ2n) is 3.50. The van der Waals surface area contributed by atoms with Gasteiger partial charge in [-0.05, 0) is 19.4 Å². The summed E-state index contributed by atoms with van der Waals surface area (Å²) in [4.78, 5) is 4.21. The summed E-state index contributed by atoms with van der Waals surface area (Å²) in [6.45, 7) is 6.22. The van der Waals surface area contributed by atoms with Gasteiger partial charge >= 0.3 is 0 Å². The first-order valence-corrected chi connectivity index (χ1v) is 5.50. The predicted octanol–water partition coefficient (Wildman–Crippen LogP) is 2.52. The molecular weight excluding hydrogens is 176 g/mol. The van der Waals surface area contributed by atoms with E-state index in [1.54, 1.807) is 6.39 Å². The minimum absolute atomic E-state index is 0.837. The molecule has 80 valence electrons. The molecule has 0 saturated heterocycles. The molecule has 0 aliphatic carbocycles. The van der Waals surface area contributed by atoms with Crippen molar-refractivity contribution < 1.29 is 4.42 Å². The van der Waals surface area contributed by atoms with Gasteiger partial charge < -0.3 is 9.73 Å². The largest absolute Gasteiger partial charge is 0.448 e. The quantitative estimate of drug-likeness (QED) is 0.681. The number of rotatable bonds is 7. The Morgan fingerprint density at radius 1 is 1.36 bits per heavy atom. The van der Waals surface area contributed by atoms with E-state index < -0.39 is 0 Å². The van der Waals surface area contributed by atoms with E-state index in [9.17, 15) is 0 Å². The molecule has 14 heavy (non-hydrogen) atoms. The summed E-state index contributed by atoms with van der Waals surface area (Å²) in [6.07, 6.45) is 6.09. The lowest BCUT2D eigenvalue weighted by molar-refractivity contribution is 0.490. The molecule has 1 rings (SSSR count). The van der Waals surface area contributed by atoms with Gasteiger partial charge in [-0.2, -0.15) is 0 Å². The van der Waals surface area contributed by atoms with E-state index in [4.69, 9.17) is 4.42 Å². The van der Waals surface area contributed by atoms with Gasteiger partial charge in [-0.25, -0.2) is 4.98 Å². The summed E-state index contributed by atoms with van der Waals surface area (Å²) >= 11 is 0. The lowest BCUT2D eigenvalue weighted by atomic mass is 10.2. The smallest absolute Gasteiger partial charge is 0.181 e. The Balaban J connectivity index is 2.37. The minimum Gasteiger partial charge on any atom is -0.448 e. The third-order valence-electron chi connectivity index (χ3n) is 2.20. The molecule has 0 aliphatic heterocycles. The zero-order valence-electron chi connectivity index (χ0n) is 9.18. The fraction of sp³-hybridized carbons (Fsp3) is 0.727. The predicted molar refractivity (Wildman–Crippen MR) is 57.1 cm³/mol. The van der Waals surface area contributed by atoms with Crippen molar-refractivity contribution in [3.8, 4) is 0 Å². The normalized spacial score (nSPS) is 10.7. The number of unbranched alkanes of at least 4 members (excludes halogenated alkanes) is 1. The molecule has 0 aromatic carbocycles. The van der Waals surface area contributed by atoms with Gasteiger partial charge in [0.15, 0.2) is 6.39 Å². The Bertz CT molecular complexity index is 245. The number of oxazole rings is 1. The van der Waals surface area contributed by atoms with Crippen molar-refractivity contribution in [2.45, 2.75) is 46.1 Å². The fourth-order valence-corrected chi connectivity index (χ4v) is 1.36. The summed E-state index contributed by atoms with van der Waals surface area (Å²) in [6, 6.07) is 0. The van der Waals surface area contributed by atoms with Crippen LogP contribution in [-0.4, -0.2) is 11.5 Å². The Kier molecular flexibility index (Phi) is 5.30. The highest BCUT2D eigenvalue weighted by molar-refractivity contribution is 5.06. The third kappa shape index (κ3) is 3.50. The van der Waals surface area contributed by atoms with Crippen molar-refractivity contribution in [3.05, 3.63) is 17.8 Å². The maximum Gasteiger partial charge on any atom is 0.181 e. The first kappa shape index (κ1) is 11.2. The Morgan fingerprint density at radius 2 is 2.21 bits per heavy atom. The molecule has 0 atom stereocenters. The van der Waals surface area contributed by atoms with E-state index in [0.717, 1.165) is 37.4 Å². The van der Waals surface area contributed by atoms with E-state index in [1.807, 2.05) is 0 Å². The van der Waals surface area contributed by atoms with E-state index in [1.165, 1.54) is 12.8 Å². The molecule has 0 spiro atoms. The van der Waals surface area contributed by atoms with Crippen LogP contribution in [0.2, 0.25) is 0 Å². The topological polar surface area (TPSA) is 38.1 Å². The van der Waals surface area contributed by atoms with Gasteiger partial charge in [0.05, 0.1) is 5.69 Å². The van der Waals surface area contributed by atoms with Crippen LogP contribution in [0.1, 0.15) is 44.6 Å². The van der Waals surface area contributed by atoms with Gasteiger partial charge in [-0.3, -0.25) is 0 Å². The van der Waals surface area contributed by atoms with Crippen molar-refractivity contribution in [1.29, 1.82) is 0 Å². The molecule has 1 aromatic heterocycles. The number of hydrogen-bond acceptors (Lipinski definition) is 3. The molecule has 0 unspecified atom stereocenters. The third-order valence-corrected chi connectivity index (χ3v) is 2.20. The van der Waals surface area contributed by atoms with Gasteiger partial charge in [0.2, 0.25) is 0 Å². The zero-order valence-corrected chi connectivity index (χ0v) is 9.18. The summed E-state index contributed by atoms with van der Waals surface area (Å²) < 4.78 is 5.35. The first-order chi connectivity index (χ1) is 6.88. The van der Waals surface area contributed by atoms with E-state index in [2.05, 4.69) is 24.1 Å². The van der Waals surface area contributed by atoms with Crippen LogP contribution < -0.4 is 5.32 Å². The average Bonchev–Trinajstić information content (AvgIpc) is 2.63. The van der Waals surface area contributed by atoms with E-state index in [0.29, 0.717) is 0 Å². The van der Waals surface area contributed by atoms with Crippen molar-refractivity contribution in [1.82, 2.24) is 10.3 Å². The Hall–Kier alpha value is -0.830. The highest BCUT2D eigenvalue weighted by atomic mass is 16.3. The van der Waals surface area contributed by atoms with Gasteiger partial charge in [0.1, 0.15) is 5.76 Å². The van der Waals surface area contributed by atoms with Gasteiger partial charge in [0.25, 0.3) is 0 Å². The van der Waals surface area contributed by atoms with Crippen LogP contribution in [0.5, 0.6) is 0 Å². The monoisotopic (exact) mass is 196 g/mol. The maximum absolute atomic E-state index is 5.35. The Labute approximate surface area is 85.9 Å². The lowest BCUT2D eigenvalue weighted by Gasteiger charge is -2.01. The minimum atomic E-state index is 0.837. The van der Waals surface area contributed by atoms with Crippen LogP contribution in [0.3, 0.4) is 0 Å². The highest BCUT2D eigenvalue weighted by Crippen LogP contribution is 2.10. The standard InChI is InChI=1S/C11H20N2O/c1-3-5-6-11-10(13-9-14-11)8-12-7-4-2/h9,12H,3-8H2,1-2H3. The van der Waals surface area contributed by atoms with Crippen LogP contribution in [0.25, 0.3) is 0 Å². The molecule has 0 amide bonds. The summed E-state index contributed by atoms with van der Waals surface area (Å²) in [5.74, 6) is 1.05. The molecule has 3 nitrogen and oxygen atoms in total. The molecule has 0 aliphatic rings. The van der Waals surface area contributed by atoms with Gasteiger partial charge in [0, 0.05) is 13.0 Å². The molecule has 0 radical (unpaired) electrons. The molecular formula is C11H20N2O. The maximum atomic E-state index is 5.35. The molecule has 0 saturated carbocycles. The van der Waals surface area contributed by atoms with Crippen molar-refractivity contribution in [2.75, 3.05) is 6.54 Å². The molecule has 1 heterocycles. The van der Waals surface area contributed by atoms with E-state index in [-0.39, 0.29) is 0 Å². The van der Waals surface area contributed by atoms with Crippen LogP contribution in [0, 0.1) is 0 Å². The number of aryl methyl sites for hydroxylation is 1. The summed E-state index contributed by atoms with van der Waals surface area (Å²) in [5, 5.41) is 3.33. The average molecular weight is 196 g/mol. The van der Waals surface area contributed by atoms with Crippen molar-refractivity contribution in [3.63, 3.8) is 0 Å². The Morgan fingerprint density at radius 3 is 2.93 bits per heavy atom. The van der Waals surface area contributed by atoms with Gasteiger partial charge in [-0.1, -0.05) is 20.3 Å². The van der Waals surface area contributed by atoms with Crippen LogP contribution in [-0.2, 0) is 13.0 Å². The summed E-state index contributed by atoms with van der Waals surface area (Å²) in [7, 11) is 0. The van der Waals surface area contributed by atoms with Crippen molar-refractivity contribution >= 4 is 0 Å². The number of aromatic nitrogens is 1. The second kappa shape index (κ2) is 6.60. The number of nitrogens with one attached hydrogen (secondary N) is 1. The van der Waals surface area contributed by atoms with Crippen LogP contribution in [0.15, 0.2) is 10.8 Å². The number of hydrogen-bond donors (Lipinski definition) is 1. The molecule has 0 bridgehead atoms. The van der Waals surface area contributed by atoms with Crippen LogP contribution >= 0.6 is 0 Å². The number of nitrogens with zero attached hydrogens (tertiary/aromatic N) is 1. The summed E-state index contributed by atoms with van der Waals surface area (Å²) in [5.41, 5.74) is 1.08. The van der Waals surface area contributed by atoms with Crippen LogP contribution in [0.4, 0.5) is 0 Å². The van der Waals surface area contributed by atoms with Gasteiger partial charge in [-0.15, -0.1) is 0 Å². The second-order valence-corrected chi connectivity index (χ2v) is 3.50. The molecule has 1 aromatic rings. The molecule has 0 fully saturated rings. The van der Waals surface area contributed by atoms with Crippen molar-refractivity contribution in [2.24, 2.45) is 0 Å². The molecule has 1 N–H and O–H groups in total. The van der Waals surface area contributed by atoms with E-state index >= 15 is 0 Å². The fourth-order valence-electron chi connectivity index (χ4n) is 1.36.